The Morgan fingerprint density at radius 3 is 2.29 bits per heavy atom. The normalized spacial score (nSPS) is 17.0. The van der Waals surface area contributed by atoms with E-state index in [4.69, 9.17) is 4.42 Å². The van der Waals surface area contributed by atoms with Crippen LogP contribution in [-0.2, 0) is 0 Å². The van der Waals surface area contributed by atoms with Crippen molar-refractivity contribution in [3.63, 3.8) is 0 Å². The quantitative estimate of drug-likeness (QED) is 0.681. The number of carbonyl (C=O) groups excluding carboxylic acids is 1. The van der Waals surface area contributed by atoms with Gasteiger partial charge in [-0.25, -0.2) is 0 Å². The number of likely N-dealkylation sites (tertiary alicyclic amines) is 1. The molecule has 28 heavy (non-hydrogen) atoms. The van der Waals surface area contributed by atoms with Gasteiger partial charge in [-0.15, -0.1) is 10.2 Å². The summed E-state index contributed by atoms with van der Waals surface area (Å²) in [5, 5.41) is 8.27. The number of benzene rings is 2. The largest absolute Gasteiger partial charge is 0.416 e. The van der Waals surface area contributed by atoms with Crippen molar-refractivity contribution in [2.45, 2.75) is 19.4 Å². The van der Waals surface area contributed by atoms with E-state index in [0.717, 1.165) is 30.6 Å². The minimum atomic E-state index is 0.0739. The molecule has 2 aromatic carbocycles. The lowest BCUT2D eigenvalue weighted by Gasteiger charge is -2.27. The second-order valence-corrected chi connectivity index (χ2v) is 7.15. The van der Waals surface area contributed by atoms with Gasteiger partial charge in [0.1, 0.15) is 0 Å². The van der Waals surface area contributed by atoms with Gasteiger partial charge in [0.25, 0.3) is 5.91 Å². The second-order valence-electron chi connectivity index (χ2n) is 7.15. The highest BCUT2D eigenvalue weighted by Crippen LogP contribution is 2.24. The Hall–Kier alpha value is -2.99. The van der Waals surface area contributed by atoms with E-state index in [0.29, 0.717) is 23.9 Å². The number of likely N-dealkylation sites (N-methyl/N-ethyl adjacent to an activating group) is 2. The van der Waals surface area contributed by atoms with Gasteiger partial charge in [-0.3, -0.25) is 4.79 Å². The van der Waals surface area contributed by atoms with Crippen LogP contribution in [0, 0.1) is 0 Å². The Bertz CT molecular complexity index is 937. The lowest BCUT2D eigenvalue weighted by molar-refractivity contribution is 0.0696. The molecule has 1 aliphatic rings. The molecule has 1 fully saturated rings. The van der Waals surface area contributed by atoms with E-state index in [1.165, 1.54) is 0 Å². The molecule has 3 aromatic rings. The number of aromatic nitrogens is 2. The maximum absolute atomic E-state index is 13.0. The third-order valence-electron chi connectivity index (χ3n) is 5.23. The van der Waals surface area contributed by atoms with E-state index >= 15 is 0 Å². The van der Waals surface area contributed by atoms with Crippen molar-refractivity contribution in [1.82, 2.24) is 20.0 Å². The minimum Gasteiger partial charge on any atom is -0.416 e. The van der Waals surface area contributed by atoms with Crippen LogP contribution >= 0.6 is 0 Å². The molecule has 1 aromatic heterocycles. The fraction of sp³-hybridized carbons (Fsp3) is 0.318. The minimum absolute atomic E-state index is 0.0739. The summed E-state index contributed by atoms with van der Waals surface area (Å²) in [5.74, 6) is 1.01. The molecule has 0 N–H and O–H groups in total. The second kappa shape index (κ2) is 7.94. The van der Waals surface area contributed by atoms with Gasteiger partial charge in [-0.05, 0) is 63.3 Å². The molecule has 1 unspecified atom stereocenters. The summed E-state index contributed by atoms with van der Waals surface area (Å²) in [6.45, 7) is 4.72. The summed E-state index contributed by atoms with van der Waals surface area (Å²) in [4.78, 5) is 17.2. The molecule has 144 valence electrons. The summed E-state index contributed by atoms with van der Waals surface area (Å²) in [6.07, 6.45) is 1.03. The van der Waals surface area contributed by atoms with Gasteiger partial charge in [0.05, 0.1) is 0 Å². The molecule has 6 nitrogen and oxygen atoms in total. The van der Waals surface area contributed by atoms with Crippen LogP contribution in [0.3, 0.4) is 0 Å². The van der Waals surface area contributed by atoms with Crippen molar-refractivity contribution in [2.75, 3.05) is 26.7 Å². The third-order valence-corrected chi connectivity index (χ3v) is 5.23. The molecule has 0 radical (unpaired) electrons. The first-order valence-electron chi connectivity index (χ1n) is 9.64. The Kier molecular flexibility index (Phi) is 5.21. The molecule has 4 rings (SSSR count). The number of hydrogen-bond donors (Lipinski definition) is 0. The van der Waals surface area contributed by atoms with Crippen LogP contribution in [0.5, 0.6) is 0 Å². The smallest absolute Gasteiger partial charge is 0.254 e. The Labute approximate surface area is 164 Å². The highest BCUT2D eigenvalue weighted by Gasteiger charge is 2.28. The van der Waals surface area contributed by atoms with E-state index in [-0.39, 0.29) is 11.9 Å². The predicted octanol–water partition coefficient (Wildman–Crippen LogP) is 3.57. The number of nitrogens with zero attached hydrogens (tertiary/aromatic N) is 4. The van der Waals surface area contributed by atoms with E-state index in [2.05, 4.69) is 22.1 Å². The molecular weight excluding hydrogens is 352 g/mol. The van der Waals surface area contributed by atoms with Gasteiger partial charge in [-0.2, -0.15) is 0 Å². The Morgan fingerprint density at radius 1 is 1.07 bits per heavy atom. The molecule has 1 aliphatic heterocycles. The van der Waals surface area contributed by atoms with Gasteiger partial charge in [0.15, 0.2) is 0 Å². The van der Waals surface area contributed by atoms with Crippen LogP contribution in [-0.4, -0.2) is 58.6 Å². The van der Waals surface area contributed by atoms with E-state index in [1.807, 2.05) is 66.4 Å². The topological polar surface area (TPSA) is 62.5 Å². The van der Waals surface area contributed by atoms with E-state index < -0.39 is 0 Å². The van der Waals surface area contributed by atoms with Crippen LogP contribution in [0.1, 0.15) is 23.7 Å². The van der Waals surface area contributed by atoms with Crippen molar-refractivity contribution in [3.05, 3.63) is 60.2 Å². The van der Waals surface area contributed by atoms with Crippen molar-refractivity contribution in [3.8, 4) is 22.9 Å². The van der Waals surface area contributed by atoms with Crippen LogP contribution in [0.2, 0.25) is 0 Å². The molecule has 0 spiro atoms. The third kappa shape index (κ3) is 3.68. The summed E-state index contributed by atoms with van der Waals surface area (Å²) < 4.78 is 5.79. The average molecular weight is 376 g/mol. The van der Waals surface area contributed by atoms with Crippen LogP contribution in [0.4, 0.5) is 0 Å². The van der Waals surface area contributed by atoms with Gasteiger partial charge >= 0.3 is 0 Å². The molecule has 2 heterocycles. The molecule has 1 amide bonds. The van der Waals surface area contributed by atoms with Crippen LogP contribution in [0.25, 0.3) is 22.9 Å². The fourth-order valence-electron chi connectivity index (χ4n) is 3.69. The Balaban J connectivity index is 1.51. The molecule has 1 saturated heterocycles. The Morgan fingerprint density at radius 2 is 1.71 bits per heavy atom. The molecular formula is C22H24N4O2. The van der Waals surface area contributed by atoms with Crippen molar-refractivity contribution in [2.24, 2.45) is 0 Å². The van der Waals surface area contributed by atoms with Gasteiger partial charge in [0, 0.05) is 35.8 Å². The molecule has 6 heteroatoms. The van der Waals surface area contributed by atoms with Crippen molar-refractivity contribution >= 4 is 5.91 Å². The molecule has 0 saturated carbocycles. The highest BCUT2D eigenvalue weighted by molar-refractivity contribution is 5.94. The zero-order valence-corrected chi connectivity index (χ0v) is 16.2. The summed E-state index contributed by atoms with van der Waals surface area (Å²) in [5.41, 5.74) is 2.37. The van der Waals surface area contributed by atoms with Gasteiger partial charge in [0.2, 0.25) is 11.8 Å². The zero-order valence-electron chi connectivity index (χ0n) is 16.2. The number of hydrogen-bond acceptors (Lipinski definition) is 5. The highest BCUT2D eigenvalue weighted by atomic mass is 16.4. The monoisotopic (exact) mass is 376 g/mol. The standard InChI is InChI=1S/C22H24N4O2/c1-3-26(19-13-14-25(2)15-19)22(27)18-11-9-17(10-12-18)21-24-23-20(28-21)16-7-5-4-6-8-16/h4-12,19H,3,13-15H2,1-2H3. The summed E-state index contributed by atoms with van der Waals surface area (Å²) in [7, 11) is 2.10. The average Bonchev–Trinajstić information content (AvgIpc) is 3.39. The molecule has 0 aliphatic carbocycles. The lowest BCUT2D eigenvalue weighted by Crippen LogP contribution is -2.41. The first kappa shape index (κ1) is 18.4. The maximum atomic E-state index is 13.0. The number of carbonyl (C=O) groups is 1. The summed E-state index contributed by atoms with van der Waals surface area (Å²) in [6, 6.07) is 17.4. The van der Waals surface area contributed by atoms with Crippen molar-refractivity contribution < 1.29 is 9.21 Å². The van der Waals surface area contributed by atoms with Gasteiger partial charge < -0.3 is 14.2 Å². The first-order chi connectivity index (χ1) is 13.7. The van der Waals surface area contributed by atoms with Crippen molar-refractivity contribution in [1.29, 1.82) is 0 Å². The lowest BCUT2D eigenvalue weighted by atomic mass is 10.1. The molecule has 1 atom stereocenters. The first-order valence-corrected chi connectivity index (χ1v) is 9.64. The predicted molar refractivity (Wildman–Crippen MR) is 108 cm³/mol. The zero-order chi connectivity index (χ0) is 19.5. The molecule has 0 bridgehead atoms. The fourth-order valence-corrected chi connectivity index (χ4v) is 3.69. The maximum Gasteiger partial charge on any atom is 0.254 e. The number of amides is 1. The van der Waals surface area contributed by atoms with Gasteiger partial charge in [-0.1, -0.05) is 18.2 Å². The van der Waals surface area contributed by atoms with Crippen LogP contribution in [0.15, 0.2) is 59.0 Å². The van der Waals surface area contributed by atoms with Crippen LogP contribution < -0.4 is 0 Å². The SMILES string of the molecule is CCN(C(=O)c1ccc(-c2nnc(-c3ccccc3)o2)cc1)C1CCN(C)C1. The number of rotatable bonds is 5. The van der Waals surface area contributed by atoms with E-state index in [9.17, 15) is 4.79 Å². The summed E-state index contributed by atoms with van der Waals surface area (Å²) >= 11 is 0. The van der Waals surface area contributed by atoms with E-state index in [1.54, 1.807) is 0 Å².